The van der Waals surface area contributed by atoms with E-state index in [0.717, 1.165) is 63.2 Å². The third-order valence-corrected chi connectivity index (χ3v) is 6.14. The zero-order chi connectivity index (χ0) is 19.8. The highest BCUT2D eigenvalue weighted by molar-refractivity contribution is 5.87. The Kier molecular flexibility index (Phi) is 4.67. The Labute approximate surface area is 169 Å². The van der Waals surface area contributed by atoms with Gasteiger partial charge in [-0.2, -0.15) is 4.80 Å². The highest BCUT2D eigenvalue weighted by Gasteiger charge is 2.25. The number of aromatic nitrogens is 5. The van der Waals surface area contributed by atoms with Crippen molar-refractivity contribution in [2.45, 2.75) is 18.8 Å². The largest absolute Gasteiger partial charge is 0.361 e. The molecule has 3 aromatic rings. The molecule has 1 aromatic carbocycles. The number of H-pyrrole nitrogens is 1. The Hall–Kier alpha value is -2.94. The van der Waals surface area contributed by atoms with E-state index in [-0.39, 0.29) is 6.03 Å². The number of benzene rings is 1. The number of amides is 2. The van der Waals surface area contributed by atoms with Crippen molar-refractivity contribution in [2.75, 3.05) is 39.3 Å². The summed E-state index contributed by atoms with van der Waals surface area (Å²) in [6, 6.07) is 6.39. The van der Waals surface area contributed by atoms with Gasteiger partial charge in [-0.25, -0.2) is 4.79 Å². The molecule has 2 amide bonds. The molecule has 0 aliphatic carbocycles. The van der Waals surface area contributed by atoms with Crippen molar-refractivity contribution in [2.24, 2.45) is 7.05 Å². The van der Waals surface area contributed by atoms with Gasteiger partial charge >= 0.3 is 6.03 Å². The molecule has 2 aromatic heterocycles. The van der Waals surface area contributed by atoms with Crippen molar-refractivity contribution in [3.63, 3.8) is 0 Å². The highest BCUT2D eigenvalue weighted by Crippen LogP contribution is 2.34. The SMILES string of the molecule is Cn1nnc(-c2ccc3[nH]cc(C4CCN(CCN5CCNC5=O)CC4)c3c2)n1. The van der Waals surface area contributed by atoms with E-state index in [1.807, 2.05) is 11.0 Å². The molecule has 2 fully saturated rings. The fourth-order valence-electron chi connectivity index (χ4n) is 4.47. The molecular weight excluding hydrogens is 368 g/mol. The number of urea groups is 1. The van der Waals surface area contributed by atoms with Crippen LogP contribution in [0.1, 0.15) is 24.3 Å². The van der Waals surface area contributed by atoms with E-state index < -0.39 is 0 Å². The van der Waals surface area contributed by atoms with Crippen LogP contribution >= 0.6 is 0 Å². The maximum Gasteiger partial charge on any atom is 0.317 e. The summed E-state index contributed by atoms with van der Waals surface area (Å²) in [4.78, 5) is 21.0. The molecule has 2 N–H and O–H groups in total. The average molecular weight is 394 g/mol. The van der Waals surface area contributed by atoms with Crippen LogP contribution in [0.15, 0.2) is 24.4 Å². The van der Waals surface area contributed by atoms with E-state index >= 15 is 0 Å². The van der Waals surface area contributed by atoms with Gasteiger partial charge in [0.15, 0.2) is 0 Å². The number of likely N-dealkylation sites (tertiary alicyclic amines) is 1. The van der Waals surface area contributed by atoms with Gasteiger partial charge in [0, 0.05) is 48.8 Å². The van der Waals surface area contributed by atoms with Crippen molar-refractivity contribution in [1.82, 2.24) is 40.3 Å². The number of hydrogen-bond donors (Lipinski definition) is 2. The number of rotatable bonds is 5. The Morgan fingerprint density at radius 3 is 2.76 bits per heavy atom. The molecule has 0 unspecified atom stereocenters. The third kappa shape index (κ3) is 3.57. The van der Waals surface area contributed by atoms with E-state index in [4.69, 9.17) is 0 Å². The molecular formula is C20H26N8O. The minimum Gasteiger partial charge on any atom is -0.361 e. The summed E-state index contributed by atoms with van der Waals surface area (Å²) < 4.78 is 0. The lowest BCUT2D eigenvalue weighted by Gasteiger charge is -2.32. The number of aryl methyl sites for hydroxylation is 1. The lowest BCUT2D eigenvalue weighted by molar-refractivity contribution is 0.181. The van der Waals surface area contributed by atoms with Crippen LogP contribution in [0.3, 0.4) is 0 Å². The second-order valence-electron chi connectivity index (χ2n) is 7.94. The van der Waals surface area contributed by atoms with Gasteiger partial charge in [-0.1, -0.05) is 0 Å². The number of nitrogens with one attached hydrogen (secondary N) is 2. The normalized spacial score (nSPS) is 18.7. The maximum atomic E-state index is 11.7. The van der Waals surface area contributed by atoms with Gasteiger partial charge in [-0.05, 0) is 60.8 Å². The van der Waals surface area contributed by atoms with Crippen LogP contribution < -0.4 is 5.32 Å². The first-order chi connectivity index (χ1) is 14.2. The first kappa shape index (κ1) is 18.1. The number of nitrogens with zero attached hydrogens (tertiary/aromatic N) is 6. The van der Waals surface area contributed by atoms with Crippen LogP contribution in [0, 0.1) is 0 Å². The number of fused-ring (bicyclic) bond motifs is 1. The average Bonchev–Trinajstić information content (AvgIpc) is 3.46. The molecule has 0 bridgehead atoms. The minimum atomic E-state index is 0.0760. The predicted molar refractivity (Wildman–Crippen MR) is 109 cm³/mol. The van der Waals surface area contributed by atoms with E-state index in [1.54, 1.807) is 7.05 Å². The van der Waals surface area contributed by atoms with Crippen LogP contribution in [0.2, 0.25) is 0 Å². The van der Waals surface area contributed by atoms with Crippen LogP contribution in [0.25, 0.3) is 22.3 Å². The topological polar surface area (TPSA) is 95.0 Å². The van der Waals surface area contributed by atoms with Crippen molar-refractivity contribution >= 4 is 16.9 Å². The van der Waals surface area contributed by atoms with Crippen molar-refractivity contribution in [1.29, 1.82) is 0 Å². The molecule has 29 heavy (non-hydrogen) atoms. The van der Waals surface area contributed by atoms with E-state index in [9.17, 15) is 4.79 Å². The predicted octanol–water partition coefficient (Wildman–Crippen LogP) is 1.56. The molecule has 9 heteroatoms. The zero-order valence-electron chi connectivity index (χ0n) is 16.6. The Balaban J connectivity index is 1.26. The van der Waals surface area contributed by atoms with Gasteiger partial charge in [0.05, 0.1) is 7.05 Å². The maximum absolute atomic E-state index is 11.7. The van der Waals surface area contributed by atoms with Gasteiger partial charge in [-0.15, -0.1) is 10.2 Å². The van der Waals surface area contributed by atoms with Gasteiger partial charge < -0.3 is 20.1 Å². The van der Waals surface area contributed by atoms with Gasteiger partial charge in [0.2, 0.25) is 5.82 Å². The molecule has 2 aliphatic rings. The number of aromatic amines is 1. The molecule has 2 aliphatic heterocycles. The lowest BCUT2D eigenvalue weighted by Crippen LogP contribution is -2.40. The van der Waals surface area contributed by atoms with Gasteiger partial charge in [-0.3, -0.25) is 0 Å². The molecule has 0 radical (unpaired) electrons. The summed E-state index contributed by atoms with van der Waals surface area (Å²) in [5, 5.41) is 16.5. The van der Waals surface area contributed by atoms with E-state index in [0.29, 0.717) is 11.7 Å². The zero-order valence-corrected chi connectivity index (χ0v) is 16.6. The summed E-state index contributed by atoms with van der Waals surface area (Å²) in [5.41, 5.74) is 3.52. The molecule has 152 valence electrons. The van der Waals surface area contributed by atoms with Crippen LogP contribution in [0.4, 0.5) is 4.79 Å². The van der Waals surface area contributed by atoms with Crippen LogP contribution in [-0.2, 0) is 7.05 Å². The second kappa shape index (κ2) is 7.47. The monoisotopic (exact) mass is 394 g/mol. The smallest absolute Gasteiger partial charge is 0.317 e. The second-order valence-corrected chi connectivity index (χ2v) is 7.94. The fourth-order valence-corrected chi connectivity index (χ4v) is 4.47. The summed E-state index contributed by atoms with van der Waals surface area (Å²) in [7, 11) is 1.78. The molecule has 4 heterocycles. The molecule has 5 rings (SSSR count). The fraction of sp³-hybridized carbons (Fsp3) is 0.500. The number of carbonyl (C=O) groups is 1. The molecule has 0 atom stereocenters. The molecule has 2 saturated heterocycles. The van der Waals surface area contributed by atoms with E-state index in [1.165, 1.54) is 15.7 Å². The van der Waals surface area contributed by atoms with E-state index in [2.05, 4.69) is 48.9 Å². The van der Waals surface area contributed by atoms with Crippen LogP contribution in [0.5, 0.6) is 0 Å². The van der Waals surface area contributed by atoms with Crippen molar-refractivity contribution in [3.8, 4) is 11.4 Å². The van der Waals surface area contributed by atoms with Crippen molar-refractivity contribution < 1.29 is 4.79 Å². The van der Waals surface area contributed by atoms with Gasteiger partial charge in [0.25, 0.3) is 0 Å². The van der Waals surface area contributed by atoms with Crippen LogP contribution in [-0.4, -0.2) is 80.3 Å². The summed E-state index contributed by atoms with van der Waals surface area (Å²) in [5.74, 6) is 1.20. The standard InChI is InChI=1S/C20H26N8O/c1-26-24-19(23-25-26)15-2-3-18-16(12-15)17(13-22-18)14-4-7-27(8-5-14)10-11-28-9-6-21-20(28)29/h2-3,12-14,22H,4-11H2,1H3,(H,21,29). The Morgan fingerprint density at radius 2 is 2.03 bits per heavy atom. The highest BCUT2D eigenvalue weighted by atomic mass is 16.2. The first-order valence-electron chi connectivity index (χ1n) is 10.3. The minimum absolute atomic E-state index is 0.0760. The number of carbonyl (C=O) groups excluding carboxylic acids is 1. The Bertz CT molecular complexity index is 1020. The quantitative estimate of drug-likeness (QED) is 0.685. The number of tetrazole rings is 1. The lowest BCUT2D eigenvalue weighted by atomic mass is 9.89. The van der Waals surface area contributed by atoms with Crippen molar-refractivity contribution in [3.05, 3.63) is 30.0 Å². The van der Waals surface area contributed by atoms with Gasteiger partial charge in [0.1, 0.15) is 0 Å². The molecule has 0 saturated carbocycles. The molecule has 9 nitrogen and oxygen atoms in total. The first-order valence-corrected chi connectivity index (χ1v) is 10.3. The number of hydrogen-bond acceptors (Lipinski definition) is 5. The Morgan fingerprint density at radius 1 is 1.17 bits per heavy atom. The number of piperidine rings is 1. The third-order valence-electron chi connectivity index (χ3n) is 6.14. The summed E-state index contributed by atoms with van der Waals surface area (Å²) in [6.45, 7) is 5.51. The summed E-state index contributed by atoms with van der Waals surface area (Å²) in [6.07, 6.45) is 4.42. The summed E-state index contributed by atoms with van der Waals surface area (Å²) >= 11 is 0. The molecule has 0 spiro atoms.